The molecular formula is C16H26O2. The molecule has 0 aromatic rings. The van der Waals surface area contributed by atoms with E-state index in [1.54, 1.807) is 0 Å². The minimum atomic E-state index is -0.693. The quantitative estimate of drug-likeness (QED) is 0.419. The second kappa shape index (κ2) is 13.8. The van der Waals surface area contributed by atoms with Gasteiger partial charge in [-0.25, -0.2) is 0 Å². The summed E-state index contributed by atoms with van der Waals surface area (Å²) >= 11 is 0. The van der Waals surface area contributed by atoms with Gasteiger partial charge < -0.3 is 5.11 Å². The third kappa shape index (κ3) is 14.7. The molecule has 0 rings (SSSR count). The van der Waals surface area contributed by atoms with Crippen LogP contribution in [-0.2, 0) is 4.79 Å². The SMILES string of the molecule is CC=CCCC=CCCC=CCCCCC(=O)O. The Kier molecular flexibility index (Phi) is 12.8. The van der Waals surface area contributed by atoms with E-state index in [-0.39, 0.29) is 0 Å². The summed E-state index contributed by atoms with van der Waals surface area (Å²) in [6, 6.07) is 0. The summed E-state index contributed by atoms with van der Waals surface area (Å²) in [7, 11) is 0. The Morgan fingerprint density at radius 3 is 1.83 bits per heavy atom. The van der Waals surface area contributed by atoms with E-state index in [1.807, 2.05) is 6.92 Å². The van der Waals surface area contributed by atoms with Crippen molar-refractivity contribution >= 4 is 5.97 Å². The maximum absolute atomic E-state index is 10.3. The van der Waals surface area contributed by atoms with Crippen LogP contribution in [-0.4, -0.2) is 11.1 Å². The lowest BCUT2D eigenvalue weighted by Crippen LogP contribution is -1.92. The lowest BCUT2D eigenvalue weighted by Gasteiger charge is -1.93. The van der Waals surface area contributed by atoms with Gasteiger partial charge in [-0.15, -0.1) is 0 Å². The maximum atomic E-state index is 10.3. The van der Waals surface area contributed by atoms with Gasteiger partial charge in [0, 0.05) is 6.42 Å². The van der Waals surface area contributed by atoms with Crippen molar-refractivity contribution in [2.45, 2.75) is 58.3 Å². The lowest BCUT2D eigenvalue weighted by atomic mass is 10.1. The second-order valence-electron chi connectivity index (χ2n) is 4.31. The number of carbonyl (C=O) groups is 1. The van der Waals surface area contributed by atoms with Gasteiger partial charge in [0.25, 0.3) is 0 Å². The Balaban J connectivity index is 3.24. The molecular weight excluding hydrogens is 224 g/mol. The molecule has 18 heavy (non-hydrogen) atoms. The highest BCUT2D eigenvalue weighted by Crippen LogP contribution is 2.02. The summed E-state index contributed by atoms with van der Waals surface area (Å²) in [5.74, 6) is -0.693. The van der Waals surface area contributed by atoms with Gasteiger partial charge in [0.2, 0.25) is 0 Å². The largest absolute Gasteiger partial charge is 0.481 e. The first-order valence-electron chi connectivity index (χ1n) is 6.90. The molecule has 0 bridgehead atoms. The average Bonchev–Trinajstić information content (AvgIpc) is 2.34. The first kappa shape index (κ1) is 16.7. The number of hydrogen-bond donors (Lipinski definition) is 1. The molecule has 0 fully saturated rings. The van der Waals surface area contributed by atoms with Crippen LogP contribution in [0.1, 0.15) is 58.3 Å². The van der Waals surface area contributed by atoms with Crippen LogP contribution in [0.25, 0.3) is 0 Å². The van der Waals surface area contributed by atoms with Gasteiger partial charge in [0.1, 0.15) is 0 Å². The van der Waals surface area contributed by atoms with Crippen molar-refractivity contribution in [2.75, 3.05) is 0 Å². The van der Waals surface area contributed by atoms with Crippen LogP contribution in [0.4, 0.5) is 0 Å². The number of unbranched alkanes of at least 4 members (excludes halogenated alkanes) is 4. The topological polar surface area (TPSA) is 37.3 Å². The van der Waals surface area contributed by atoms with Gasteiger partial charge in [-0.1, -0.05) is 36.5 Å². The van der Waals surface area contributed by atoms with Crippen LogP contribution in [0, 0.1) is 0 Å². The molecule has 2 nitrogen and oxygen atoms in total. The van der Waals surface area contributed by atoms with Crippen molar-refractivity contribution in [1.29, 1.82) is 0 Å². The highest BCUT2D eigenvalue weighted by molar-refractivity contribution is 5.66. The normalized spacial score (nSPS) is 12.1. The molecule has 102 valence electrons. The van der Waals surface area contributed by atoms with Crippen LogP contribution in [0.5, 0.6) is 0 Å². The Hall–Kier alpha value is -1.31. The van der Waals surface area contributed by atoms with E-state index in [9.17, 15) is 4.79 Å². The second-order valence-corrected chi connectivity index (χ2v) is 4.31. The third-order valence-electron chi connectivity index (χ3n) is 2.58. The fraction of sp³-hybridized carbons (Fsp3) is 0.562. The van der Waals surface area contributed by atoms with Crippen LogP contribution in [0.3, 0.4) is 0 Å². The first-order chi connectivity index (χ1) is 8.77. The summed E-state index contributed by atoms with van der Waals surface area (Å²) in [6.45, 7) is 2.05. The van der Waals surface area contributed by atoms with Crippen molar-refractivity contribution < 1.29 is 9.90 Å². The molecule has 0 unspecified atom stereocenters. The van der Waals surface area contributed by atoms with Crippen molar-refractivity contribution in [1.82, 2.24) is 0 Å². The zero-order valence-corrected chi connectivity index (χ0v) is 11.5. The maximum Gasteiger partial charge on any atom is 0.303 e. The van der Waals surface area contributed by atoms with Crippen LogP contribution in [0.15, 0.2) is 36.5 Å². The van der Waals surface area contributed by atoms with Crippen molar-refractivity contribution in [2.24, 2.45) is 0 Å². The molecule has 0 saturated carbocycles. The van der Waals surface area contributed by atoms with Gasteiger partial charge in [0.15, 0.2) is 0 Å². The van der Waals surface area contributed by atoms with Crippen LogP contribution < -0.4 is 0 Å². The molecule has 0 atom stereocenters. The highest BCUT2D eigenvalue weighted by atomic mass is 16.4. The van der Waals surface area contributed by atoms with E-state index in [0.29, 0.717) is 6.42 Å². The number of hydrogen-bond acceptors (Lipinski definition) is 1. The van der Waals surface area contributed by atoms with E-state index < -0.39 is 5.97 Å². The van der Waals surface area contributed by atoms with Gasteiger partial charge in [-0.3, -0.25) is 4.79 Å². The van der Waals surface area contributed by atoms with E-state index in [0.717, 1.165) is 44.9 Å². The predicted octanol–water partition coefficient (Wildman–Crippen LogP) is 4.88. The predicted molar refractivity (Wildman–Crippen MR) is 77.7 cm³/mol. The van der Waals surface area contributed by atoms with E-state index in [4.69, 9.17) is 5.11 Å². The number of carboxylic acids is 1. The van der Waals surface area contributed by atoms with Gasteiger partial charge in [0.05, 0.1) is 0 Å². The molecule has 0 saturated heterocycles. The Morgan fingerprint density at radius 2 is 1.33 bits per heavy atom. The first-order valence-corrected chi connectivity index (χ1v) is 6.90. The molecule has 0 heterocycles. The standard InChI is InChI=1S/C16H26O2/c1-2-3-4-5-6-7-8-9-10-11-12-13-14-15-16(17)18/h2-3,6-7,10-11H,4-5,8-9,12-15H2,1H3,(H,17,18). The zero-order chi connectivity index (χ0) is 13.5. The molecule has 0 aromatic carbocycles. The molecule has 0 amide bonds. The summed E-state index contributed by atoms with van der Waals surface area (Å²) in [5.41, 5.74) is 0. The average molecular weight is 250 g/mol. The molecule has 0 aliphatic rings. The number of allylic oxidation sites excluding steroid dienone is 6. The lowest BCUT2D eigenvalue weighted by molar-refractivity contribution is -0.137. The number of rotatable bonds is 11. The van der Waals surface area contributed by atoms with Gasteiger partial charge >= 0.3 is 5.97 Å². The molecule has 0 aliphatic heterocycles. The molecule has 0 aliphatic carbocycles. The molecule has 2 heteroatoms. The molecule has 1 N–H and O–H groups in total. The summed E-state index contributed by atoms with van der Waals surface area (Å²) < 4.78 is 0. The Morgan fingerprint density at radius 1 is 0.833 bits per heavy atom. The van der Waals surface area contributed by atoms with E-state index in [1.165, 1.54) is 0 Å². The smallest absolute Gasteiger partial charge is 0.303 e. The van der Waals surface area contributed by atoms with E-state index in [2.05, 4.69) is 36.5 Å². The van der Waals surface area contributed by atoms with Gasteiger partial charge in [-0.2, -0.15) is 0 Å². The van der Waals surface area contributed by atoms with Crippen molar-refractivity contribution in [3.05, 3.63) is 36.5 Å². The van der Waals surface area contributed by atoms with Crippen LogP contribution in [0.2, 0.25) is 0 Å². The summed E-state index contributed by atoms with van der Waals surface area (Å²) in [5, 5.41) is 8.46. The Bertz CT molecular complexity index is 275. The number of carboxylic acid groups (broad SMARTS) is 1. The Labute approximate surface area is 111 Å². The van der Waals surface area contributed by atoms with Crippen molar-refractivity contribution in [3.63, 3.8) is 0 Å². The fourth-order valence-corrected chi connectivity index (χ4v) is 1.56. The molecule has 0 aromatic heterocycles. The van der Waals surface area contributed by atoms with E-state index >= 15 is 0 Å². The van der Waals surface area contributed by atoms with Crippen LogP contribution >= 0.6 is 0 Å². The van der Waals surface area contributed by atoms with Gasteiger partial charge in [-0.05, 0) is 51.9 Å². The fourth-order valence-electron chi connectivity index (χ4n) is 1.56. The number of aliphatic carboxylic acids is 1. The highest BCUT2D eigenvalue weighted by Gasteiger charge is 1.93. The van der Waals surface area contributed by atoms with Crippen molar-refractivity contribution in [3.8, 4) is 0 Å². The minimum Gasteiger partial charge on any atom is -0.481 e. The summed E-state index contributed by atoms with van der Waals surface area (Å²) in [4.78, 5) is 10.3. The monoisotopic (exact) mass is 250 g/mol. The molecule has 0 spiro atoms. The minimum absolute atomic E-state index is 0.294. The third-order valence-corrected chi connectivity index (χ3v) is 2.58. The zero-order valence-electron chi connectivity index (χ0n) is 11.5. The molecule has 0 radical (unpaired) electrons. The summed E-state index contributed by atoms with van der Waals surface area (Å²) in [6.07, 6.45) is 20.6.